The Labute approximate surface area is 137 Å². The van der Waals surface area contributed by atoms with Crippen LogP contribution in [0.2, 0.25) is 0 Å². The Morgan fingerprint density at radius 3 is 2.61 bits per heavy atom. The second kappa shape index (κ2) is 8.34. The van der Waals surface area contributed by atoms with Gasteiger partial charge in [-0.2, -0.15) is 0 Å². The largest absolute Gasteiger partial charge is 0.494 e. The van der Waals surface area contributed by atoms with Gasteiger partial charge < -0.3 is 15.2 Å². The summed E-state index contributed by atoms with van der Waals surface area (Å²) in [6.45, 7) is 5.52. The summed E-state index contributed by atoms with van der Waals surface area (Å²) in [4.78, 5) is 11.0. The van der Waals surface area contributed by atoms with Crippen LogP contribution in [0.3, 0.4) is 0 Å². The van der Waals surface area contributed by atoms with Crippen LogP contribution in [0.5, 0.6) is 5.75 Å². The van der Waals surface area contributed by atoms with Crippen molar-refractivity contribution in [3.05, 3.63) is 65.2 Å². The van der Waals surface area contributed by atoms with Gasteiger partial charge in [0.15, 0.2) is 0 Å². The number of nitrogens with one attached hydrogen (secondary N) is 1. The van der Waals surface area contributed by atoms with Gasteiger partial charge in [0.2, 0.25) is 0 Å². The zero-order chi connectivity index (χ0) is 16.7. The van der Waals surface area contributed by atoms with Crippen molar-refractivity contribution in [1.82, 2.24) is 5.32 Å². The third kappa shape index (κ3) is 5.11. The van der Waals surface area contributed by atoms with E-state index in [1.165, 1.54) is 5.56 Å². The summed E-state index contributed by atoms with van der Waals surface area (Å²) in [5.74, 6) is -0.0143. The Kier molecular flexibility index (Phi) is 6.18. The maximum absolute atomic E-state index is 11.0. The molecule has 2 rings (SSSR count). The first-order chi connectivity index (χ1) is 11.1. The van der Waals surface area contributed by atoms with Gasteiger partial charge in [-0.25, -0.2) is 4.79 Å². The van der Waals surface area contributed by atoms with Crippen molar-refractivity contribution in [2.75, 3.05) is 6.61 Å². The van der Waals surface area contributed by atoms with E-state index in [-0.39, 0.29) is 6.04 Å². The summed E-state index contributed by atoms with van der Waals surface area (Å²) in [6.07, 6.45) is 0.995. The number of hydrogen-bond acceptors (Lipinski definition) is 3. The van der Waals surface area contributed by atoms with E-state index in [2.05, 4.69) is 31.3 Å². The molecule has 2 aromatic rings. The van der Waals surface area contributed by atoms with Crippen LogP contribution in [0.4, 0.5) is 0 Å². The molecule has 4 heteroatoms. The molecule has 0 saturated carbocycles. The summed E-state index contributed by atoms with van der Waals surface area (Å²) in [5.41, 5.74) is 2.44. The van der Waals surface area contributed by atoms with E-state index in [4.69, 9.17) is 9.84 Å². The van der Waals surface area contributed by atoms with Gasteiger partial charge in [0.05, 0.1) is 12.2 Å². The van der Waals surface area contributed by atoms with Crippen molar-refractivity contribution in [3.8, 4) is 5.75 Å². The van der Waals surface area contributed by atoms with E-state index in [0.29, 0.717) is 12.1 Å². The Hall–Kier alpha value is -2.33. The lowest BCUT2D eigenvalue weighted by molar-refractivity contribution is 0.0696. The molecule has 2 N–H and O–H groups in total. The molecule has 23 heavy (non-hydrogen) atoms. The Bertz CT molecular complexity index is 637. The lowest BCUT2D eigenvalue weighted by Crippen LogP contribution is -2.18. The number of carboxylic acids is 1. The molecule has 0 radical (unpaired) electrons. The summed E-state index contributed by atoms with van der Waals surface area (Å²) in [7, 11) is 0. The molecule has 2 aromatic carbocycles. The van der Waals surface area contributed by atoms with Crippen LogP contribution < -0.4 is 10.1 Å². The van der Waals surface area contributed by atoms with Crippen LogP contribution in [0.25, 0.3) is 0 Å². The number of benzene rings is 2. The first-order valence-corrected chi connectivity index (χ1v) is 7.88. The highest BCUT2D eigenvalue weighted by Crippen LogP contribution is 2.18. The minimum atomic E-state index is -0.900. The van der Waals surface area contributed by atoms with Crippen molar-refractivity contribution in [2.45, 2.75) is 32.9 Å². The SMILES string of the molecule is CCCOc1ccc(C(C)NCc2cccc(C(=O)O)c2)cc1. The fraction of sp³-hybridized carbons (Fsp3) is 0.316. The fourth-order valence-corrected chi connectivity index (χ4v) is 2.28. The van der Waals surface area contributed by atoms with E-state index in [0.717, 1.165) is 24.3 Å². The predicted octanol–water partition coefficient (Wildman–Crippen LogP) is 4.02. The van der Waals surface area contributed by atoms with E-state index in [1.807, 2.05) is 18.2 Å². The molecule has 0 aliphatic heterocycles. The summed E-state index contributed by atoms with van der Waals surface area (Å²) >= 11 is 0. The molecule has 0 spiro atoms. The number of carboxylic acid groups (broad SMARTS) is 1. The predicted molar refractivity (Wildman–Crippen MR) is 90.9 cm³/mol. The minimum Gasteiger partial charge on any atom is -0.494 e. The fourth-order valence-electron chi connectivity index (χ4n) is 2.28. The van der Waals surface area contributed by atoms with Crippen LogP contribution in [-0.4, -0.2) is 17.7 Å². The molecule has 4 nitrogen and oxygen atoms in total. The van der Waals surface area contributed by atoms with Gasteiger partial charge in [-0.15, -0.1) is 0 Å². The third-order valence-corrected chi connectivity index (χ3v) is 3.64. The first-order valence-electron chi connectivity index (χ1n) is 7.88. The molecule has 0 aromatic heterocycles. The first kappa shape index (κ1) is 17.0. The van der Waals surface area contributed by atoms with Crippen molar-refractivity contribution >= 4 is 5.97 Å². The van der Waals surface area contributed by atoms with E-state index in [1.54, 1.807) is 18.2 Å². The highest BCUT2D eigenvalue weighted by Gasteiger charge is 2.07. The van der Waals surface area contributed by atoms with Gasteiger partial charge in [-0.1, -0.05) is 31.2 Å². The summed E-state index contributed by atoms with van der Waals surface area (Å²) in [5, 5.41) is 12.4. The molecule has 122 valence electrons. The average molecular weight is 313 g/mol. The minimum absolute atomic E-state index is 0.170. The van der Waals surface area contributed by atoms with Crippen molar-refractivity contribution in [2.24, 2.45) is 0 Å². The lowest BCUT2D eigenvalue weighted by Gasteiger charge is -2.15. The molecule has 1 unspecified atom stereocenters. The Balaban J connectivity index is 1.92. The number of aromatic carboxylic acids is 1. The van der Waals surface area contributed by atoms with Gasteiger partial charge in [-0.3, -0.25) is 0 Å². The Morgan fingerprint density at radius 1 is 1.22 bits per heavy atom. The quantitative estimate of drug-likeness (QED) is 0.772. The molecule has 0 fully saturated rings. The van der Waals surface area contributed by atoms with Gasteiger partial charge in [0.1, 0.15) is 5.75 Å². The van der Waals surface area contributed by atoms with Crippen LogP contribution >= 0.6 is 0 Å². The standard InChI is InChI=1S/C19H23NO3/c1-3-11-23-18-9-7-16(8-10-18)14(2)20-13-15-5-4-6-17(12-15)19(21)22/h4-10,12,14,20H,3,11,13H2,1-2H3,(H,21,22). The third-order valence-electron chi connectivity index (χ3n) is 3.64. The maximum atomic E-state index is 11.0. The number of hydrogen-bond donors (Lipinski definition) is 2. The second-order valence-electron chi connectivity index (χ2n) is 5.53. The zero-order valence-corrected chi connectivity index (χ0v) is 13.6. The Morgan fingerprint density at radius 2 is 1.96 bits per heavy atom. The van der Waals surface area contributed by atoms with E-state index in [9.17, 15) is 4.79 Å². The smallest absolute Gasteiger partial charge is 0.335 e. The summed E-state index contributed by atoms with van der Waals surface area (Å²) in [6, 6.07) is 15.2. The second-order valence-corrected chi connectivity index (χ2v) is 5.53. The molecule has 0 aliphatic carbocycles. The molecule has 0 saturated heterocycles. The molecule has 0 aliphatic rings. The van der Waals surface area contributed by atoms with Gasteiger partial charge in [0.25, 0.3) is 0 Å². The molecule has 0 bridgehead atoms. The topological polar surface area (TPSA) is 58.6 Å². The summed E-state index contributed by atoms with van der Waals surface area (Å²) < 4.78 is 5.58. The number of ether oxygens (including phenoxy) is 1. The van der Waals surface area contributed by atoms with Crippen LogP contribution in [0, 0.1) is 0 Å². The molecular formula is C19H23NO3. The van der Waals surface area contributed by atoms with E-state index < -0.39 is 5.97 Å². The normalized spacial score (nSPS) is 11.9. The van der Waals surface area contributed by atoms with E-state index >= 15 is 0 Å². The average Bonchev–Trinajstić information content (AvgIpc) is 2.58. The van der Waals surface area contributed by atoms with Crippen molar-refractivity contribution < 1.29 is 14.6 Å². The van der Waals surface area contributed by atoms with Crippen molar-refractivity contribution in [3.63, 3.8) is 0 Å². The van der Waals surface area contributed by atoms with Crippen LogP contribution in [0.15, 0.2) is 48.5 Å². The highest BCUT2D eigenvalue weighted by molar-refractivity contribution is 5.87. The maximum Gasteiger partial charge on any atom is 0.335 e. The number of rotatable bonds is 8. The van der Waals surface area contributed by atoms with Crippen LogP contribution in [0.1, 0.15) is 47.8 Å². The van der Waals surface area contributed by atoms with Gasteiger partial charge >= 0.3 is 5.97 Å². The lowest BCUT2D eigenvalue weighted by atomic mass is 10.1. The molecule has 0 heterocycles. The monoisotopic (exact) mass is 313 g/mol. The van der Waals surface area contributed by atoms with Gasteiger partial charge in [0, 0.05) is 12.6 Å². The number of carbonyl (C=O) groups is 1. The zero-order valence-electron chi connectivity index (χ0n) is 13.6. The van der Waals surface area contributed by atoms with Gasteiger partial charge in [-0.05, 0) is 48.7 Å². The molecular weight excluding hydrogens is 290 g/mol. The highest BCUT2D eigenvalue weighted by atomic mass is 16.5. The molecule has 1 atom stereocenters. The van der Waals surface area contributed by atoms with Crippen LogP contribution in [-0.2, 0) is 6.54 Å². The van der Waals surface area contributed by atoms with Crippen molar-refractivity contribution in [1.29, 1.82) is 0 Å². The molecule has 0 amide bonds.